The summed E-state index contributed by atoms with van der Waals surface area (Å²) in [5, 5.41) is 11.2. The van der Waals surface area contributed by atoms with Crippen molar-refractivity contribution in [3.05, 3.63) is 0 Å². The van der Waals surface area contributed by atoms with Crippen LogP contribution in [0.25, 0.3) is 0 Å². The van der Waals surface area contributed by atoms with Gasteiger partial charge in [0, 0.05) is 19.1 Å². The highest BCUT2D eigenvalue weighted by molar-refractivity contribution is 5.78. The van der Waals surface area contributed by atoms with E-state index in [1.165, 1.54) is 0 Å². The van der Waals surface area contributed by atoms with Crippen LogP contribution in [-0.2, 0) is 4.79 Å². The van der Waals surface area contributed by atoms with E-state index in [4.69, 9.17) is 10.8 Å². The molecule has 12 heavy (non-hydrogen) atoms. The van der Waals surface area contributed by atoms with E-state index in [0.29, 0.717) is 25.9 Å². The average molecular weight is 174 g/mol. The maximum atomic E-state index is 11.2. The van der Waals surface area contributed by atoms with E-state index < -0.39 is 0 Å². The molecule has 72 valence electrons. The molecule has 1 atom stereocenters. The van der Waals surface area contributed by atoms with Crippen molar-refractivity contribution in [2.75, 3.05) is 19.7 Å². The van der Waals surface area contributed by atoms with Gasteiger partial charge in [-0.3, -0.25) is 4.79 Å². The number of hydrogen-bond acceptors (Lipinski definition) is 3. The Kier molecular flexibility index (Phi) is 6.70. The van der Waals surface area contributed by atoms with Crippen LogP contribution >= 0.6 is 0 Å². The van der Waals surface area contributed by atoms with E-state index in [9.17, 15) is 4.79 Å². The monoisotopic (exact) mass is 174 g/mol. The molecule has 4 N–H and O–H groups in total. The summed E-state index contributed by atoms with van der Waals surface area (Å²) in [5.74, 6) is 0.00240. The van der Waals surface area contributed by atoms with Gasteiger partial charge in [-0.05, 0) is 19.4 Å². The summed E-state index contributed by atoms with van der Waals surface area (Å²) >= 11 is 0. The molecule has 0 spiro atoms. The van der Waals surface area contributed by atoms with Gasteiger partial charge in [0.2, 0.25) is 5.91 Å². The molecule has 0 aromatic carbocycles. The van der Waals surface area contributed by atoms with Crippen molar-refractivity contribution in [1.82, 2.24) is 5.32 Å². The number of amides is 1. The molecule has 0 saturated carbocycles. The van der Waals surface area contributed by atoms with Crippen LogP contribution < -0.4 is 11.1 Å². The average Bonchev–Trinajstić information content (AvgIpc) is 2.05. The second-order valence-electron chi connectivity index (χ2n) is 2.85. The highest BCUT2D eigenvalue weighted by atomic mass is 16.3. The van der Waals surface area contributed by atoms with Gasteiger partial charge < -0.3 is 16.2 Å². The summed E-state index contributed by atoms with van der Waals surface area (Å²) in [6.45, 7) is 3.05. The van der Waals surface area contributed by atoms with Crippen molar-refractivity contribution >= 4 is 5.91 Å². The molecule has 1 unspecified atom stereocenters. The van der Waals surface area contributed by atoms with Gasteiger partial charge in [0.05, 0.1) is 0 Å². The second-order valence-corrected chi connectivity index (χ2v) is 2.85. The first-order valence-corrected chi connectivity index (χ1v) is 4.31. The molecule has 0 aromatic rings. The van der Waals surface area contributed by atoms with Crippen LogP contribution in [0.15, 0.2) is 0 Å². The van der Waals surface area contributed by atoms with Crippen molar-refractivity contribution in [1.29, 1.82) is 0 Å². The predicted molar refractivity (Wildman–Crippen MR) is 47.5 cm³/mol. The fourth-order valence-corrected chi connectivity index (χ4v) is 0.846. The summed E-state index contributed by atoms with van der Waals surface area (Å²) in [6.07, 6.45) is 1.33. The number of carbonyl (C=O) groups is 1. The molecule has 0 radical (unpaired) electrons. The number of aliphatic hydroxyl groups excluding tert-OH is 1. The zero-order valence-corrected chi connectivity index (χ0v) is 7.55. The van der Waals surface area contributed by atoms with Crippen LogP contribution in [0.1, 0.15) is 19.8 Å². The van der Waals surface area contributed by atoms with Crippen molar-refractivity contribution in [2.45, 2.75) is 19.8 Å². The first-order chi connectivity index (χ1) is 5.72. The Morgan fingerprint density at radius 1 is 1.67 bits per heavy atom. The van der Waals surface area contributed by atoms with Crippen LogP contribution in [0.5, 0.6) is 0 Å². The highest BCUT2D eigenvalue weighted by Crippen LogP contribution is 1.98. The minimum atomic E-state index is -0.0197. The molecule has 0 heterocycles. The Morgan fingerprint density at radius 3 is 2.83 bits per heavy atom. The number of nitrogens with one attached hydrogen (secondary N) is 1. The molecular weight excluding hydrogens is 156 g/mol. The van der Waals surface area contributed by atoms with Crippen LogP contribution in [0.4, 0.5) is 0 Å². The third-order valence-corrected chi connectivity index (χ3v) is 1.68. The standard InChI is InChI=1S/C8H18N2O2/c1-7(3-4-9)8(12)10-5-2-6-11/h7,11H,2-6,9H2,1H3,(H,10,12). The van der Waals surface area contributed by atoms with Gasteiger partial charge in [-0.25, -0.2) is 0 Å². The molecular formula is C8H18N2O2. The lowest BCUT2D eigenvalue weighted by molar-refractivity contribution is -0.124. The maximum Gasteiger partial charge on any atom is 0.222 e. The summed E-state index contributed by atoms with van der Waals surface area (Å²) in [5.41, 5.74) is 5.30. The SMILES string of the molecule is CC(CCN)C(=O)NCCCO. The van der Waals surface area contributed by atoms with Crippen molar-refractivity contribution in [3.63, 3.8) is 0 Å². The van der Waals surface area contributed by atoms with E-state index in [1.807, 2.05) is 6.92 Å². The number of aliphatic hydroxyl groups is 1. The lowest BCUT2D eigenvalue weighted by Crippen LogP contribution is -2.31. The Labute approximate surface area is 73.1 Å². The predicted octanol–water partition coefficient (Wildman–Crippen LogP) is -0.530. The van der Waals surface area contributed by atoms with Crippen molar-refractivity contribution < 1.29 is 9.90 Å². The van der Waals surface area contributed by atoms with E-state index in [-0.39, 0.29) is 18.4 Å². The van der Waals surface area contributed by atoms with Crippen LogP contribution in [0.3, 0.4) is 0 Å². The van der Waals surface area contributed by atoms with E-state index in [1.54, 1.807) is 0 Å². The molecule has 1 amide bonds. The minimum Gasteiger partial charge on any atom is -0.396 e. The van der Waals surface area contributed by atoms with Gasteiger partial charge in [-0.1, -0.05) is 6.92 Å². The van der Waals surface area contributed by atoms with E-state index in [2.05, 4.69) is 5.32 Å². The highest BCUT2D eigenvalue weighted by Gasteiger charge is 2.09. The molecule has 0 aliphatic heterocycles. The fourth-order valence-electron chi connectivity index (χ4n) is 0.846. The Morgan fingerprint density at radius 2 is 2.33 bits per heavy atom. The third-order valence-electron chi connectivity index (χ3n) is 1.68. The lowest BCUT2D eigenvalue weighted by atomic mass is 10.1. The van der Waals surface area contributed by atoms with Crippen molar-refractivity contribution in [3.8, 4) is 0 Å². The quantitative estimate of drug-likeness (QED) is 0.474. The zero-order valence-electron chi connectivity index (χ0n) is 7.55. The number of nitrogens with two attached hydrogens (primary N) is 1. The summed E-state index contributed by atoms with van der Waals surface area (Å²) in [7, 11) is 0. The number of hydrogen-bond donors (Lipinski definition) is 3. The van der Waals surface area contributed by atoms with Crippen LogP contribution in [-0.4, -0.2) is 30.7 Å². The summed E-state index contributed by atoms with van der Waals surface area (Å²) < 4.78 is 0. The molecule has 0 rings (SSSR count). The van der Waals surface area contributed by atoms with Crippen LogP contribution in [0, 0.1) is 5.92 Å². The normalized spacial score (nSPS) is 12.6. The summed E-state index contributed by atoms with van der Waals surface area (Å²) in [4.78, 5) is 11.2. The Bertz CT molecular complexity index is 128. The molecule has 4 heteroatoms. The Balaban J connectivity index is 3.43. The summed E-state index contributed by atoms with van der Waals surface area (Å²) in [6, 6.07) is 0. The van der Waals surface area contributed by atoms with Gasteiger partial charge in [-0.15, -0.1) is 0 Å². The third kappa shape index (κ3) is 5.09. The number of carbonyl (C=O) groups excluding carboxylic acids is 1. The minimum absolute atomic E-state index is 0.0197. The number of rotatable bonds is 6. The van der Waals surface area contributed by atoms with Crippen LogP contribution in [0.2, 0.25) is 0 Å². The second kappa shape index (κ2) is 7.06. The van der Waals surface area contributed by atoms with Gasteiger partial charge >= 0.3 is 0 Å². The van der Waals surface area contributed by atoms with Gasteiger partial charge in [0.25, 0.3) is 0 Å². The molecule has 0 fully saturated rings. The first-order valence-electron chi connectivity index (χ1n) is 4.31. The molecule has 0 aliphatic rings. The Hall–Kier alpha value is -0.610. The van der Waals surface area contributed by atoms with Gasteiger partial charge in [0.1, 0.15) is 0 Å². The smallest absolute Gasteiger partial charge is 0.222 e. The van der Waals surface area contributed by atoms with Gasteiger partial charge in [-0.2, -0.15) is 0 Å². The largest absolute Gasteiger partial charge is 0.396 e. The fraction of sp³-hybridized carbons (Fsp3) is 0.875. The zero-order chi connectivity index (χ0) is 9.40. The van der Waals surface area contributed by atoms with Crippen molar-refractivity contribution in [2.24, 2.45) is 11.7 Å². The molecule has 0 bridgehead atoms. The van der Waals surface area contributed by atoms with E-state index in [0.717, 1.165) is 0 Å². The first kappa shape index (κ1) is 11.4. The molecule has 4 nitrogen and oxygen atoms in total. The lowest BCUT2D eigenvalue weighted by Gasteiger charge is -2.09. The maximum absolute atomic E-state index is 11.2. The topological polar surface area (TPSA) is 75.4 Å². The van der Waals surface area contributed by atoms with E-state index >= 15 is 0 Å². The molecule has 0 aliphatic carbocycles. The molecule has 0 aromatic heterocycles. The molecule has 0 saturated heterocycles. The van der Waals surface area contributed by atoms with Gasteiger partial charge in [0.15, 0.2) is 0 Å².